The van der Waals surface area contributed by atoms with E-state index in [9.17, 15) is 0 Å². The third kappa shape index (κ3) is 6.89. The average Bonchev–Trinajstić information content (AvgIpc) is 3.41. The predicted octanol–water partition coefficient (Wildman–Crippen LogP) is 0.987. The first-order chi connectivity index (χ1) is 15.0. The summed E-state index contributed by atoms with van der Waals surface area (Å²) in [5.41, 5.74) is 0. The van der Waals surface area contributed by atoms with Crippen molar-refractivity contribution in [1.82, 2.24) is 0 Å². The molecule has 0 atom stereocenters. The van der Waals surface area contributed by atoms with Gasteiger partial charge in [-0.1, -0.05) is 105 Å². The van der Waals surface area contributed by atoms with Crippen molar-refractivity contribution in [2.24, 2.45) is 0 Å². The first-order valence-corrected chi connectivity index (χ1v) is 45.5. The number of thiophene rings is 2. The van der Waals surface area contributed by atoms with Crippen LogP contribution in [0.3, 0.4) is 0 Å². The van der Waals surface area contributed by atoms with E-state index in [0.717, 1.165) is 0 Å². The van der Waals surface area contributed by atoms with Gasteiger partial charge < -0.3 is 56.6 Å². The number of hydrogen-bond acceptors (Lipinski definition) is 2. The van der Waals surface area contributed by atoms with Gasteiger partial charge in [-0.2, -0.15) is 21.1 Å². The molecule has 0 N–H and O–H groups in total. The number of halogens is 2. The average molecular weight is 838 g/mol. The molecule has 210 valence electrons. The summed E-state index contributed by atoms with van der Waals surface area (Å²) in [6.45, 7) is 45.7. The van der Waals surface area contributed by atoms with Gasteiger partial charge in [0.2, 0.25) is 0 Å². The topological polar surface area (TPSA) is 0 Å². The SMILES string of the molecule is C[Si](C)(c1cc[c-]s1)[Si](C)(C)[Si](C)(C)[Si](C)(C)[Si](C)(C)[Si](C)(C)[Si](C)(C)[Si](C)(C)c1cc[c-]s1.[Br-].[Br-].[Mg+2].[Mg+2]. The third-order valence-corrected chi connectivity index (χ3v) is 190. The second kappa shape index (κ2) is 14.8. The number of hydrogen-bond donors (Lipinski definition) is 0. The van der Waals surface area contributed by atoms with E-state index in [2.05, 4.69) is 140 Å². The molecule has 2 rings (SSSR count). The largest absolute Gasteiger partial charge is 2.00 e. The Hall–Kier alpha value is 3.63. The Kier molecular flexibility index (Phi) is 18.0. The first-order valence-electron chi connectivity index (χ1n) is 12.9. The Labute approximate surface area is 305 Å². The van der Waals surface area contributed by atoms with Gasteiger partial charge in [0.1, 0.15) is 0 Å². The summed E-state index contributed by atoms with van der Waals surface area (Å²) < 4.78 is 3.45. The zero-order chi connectivity index (χ0) is 26.8. The summed E-state index contributed by atoms with van der Waals surface area (Å²) in [7, 11) is -11.6. The molecular formula is C24H52Br2Mg2S2Si8. The minimum atomic E-state index is -1.49. The molecule has 0 nitrogen and oxygen atoms in total. The molecule has 2 aromatic heterocycles. The van der Waals surface area contributed by atoms with Crippen LogP contribution in [0, 0.1) is 10.8 Å². The fourth-order valence-corrected chi connectivity index (χ4v) is 245. The summed E-state index contributed by atoms with van der Waals surface area (Å²) in [6, 6.07) is 9.25. The van der Waals surface area contributed by atoms with E-state index in [0.29, 0.717) is 0 Å². The van der Waals surface area contributed by atoms with E-state index >= 15 is 0 Å². The maximum Gasteiger partial charge on any atom is 2.00 e. The predicted molar refractivity (Wildman–Crippen MR) is 197 cm³/mol. The zero-order valence-electron chi connectivity index (χ0n) is 27.3. The van der Waals surface area contributed by atoms with Gasteiger partial charge in [0, 0.05) is 57.8 Å². The van der Waals surface area contributed by atoms with E-state index in [4.69, 9.17) is 0 Å². The monoisotopic (exact) mass is 834 g/mol. The molecule has 0 amide bonds. The van der Waals surface area contributed by atoms with Gasteiger partial charge in [0.05, 0.1) is 0 Å². The molecule has 2 heterocycles. The van der Waals surface area contributed by atoms with Gasteiger partial charge in [-0.15, -0.1) is 10.8 Å². The van der Waals surface area contributed by atoms with Gasteiger partial charge >= 0.3 is 46.1 Å². The Morgan fingerprint density at radius 1 is 0.421 bits per heavy atom. The normalized spacial score (nSPS) is 14.0. The summed E-state index contributed by atoms with van der Waals surface area (Å²) in [5, 5.41) is 6.90. The molecule has 0 aliphatic heterocycles. The maximum atomic E-state index is 3.45. The molecule has 0 spiro atoms. The molecule has 2 aromatic rings. The Bertz CT molecular complexity index is 911. The van der Waals surface area contributed by atoms with Crippen LogP contribution in [-0.4, -0.2) is 104 Å². The van der Waals surface area contributed by atoms with Crippen LogP contribution in [-0.2, 0) is 0 Å². The smallest absolute Gasteiger partial charge is 1.00 e. The van der Waals surface area contributed by atoms with Crippen molar-refractivity contribution in [1.29, 1.82) is 0 Å². The molecule has 0 saturated heterocycles. The first kappa shape index (κ1) is 46.0. The molecule has 0 unspecified atom stereocenters. The van der Waals surface area contributed by atoms with Crippen LogP contribution in [0.15, 0.2) is 24.3 Å². The Morgan fingerprint density at radius 3 is 0.816 bits per heavy atom. The molecule has 0 aliphatic rings. The second-order valence-corrected chi connectivity index (χ2v) is 106. The molecule has 0 saturated carbocycles. The maximum absolute atomic E-state index is 3.45. The van der Waals surface area contributed by atoms with E-state index < -0.39 is 57.8 Å². The molecular weight excluding hydrogens is 786 g/mol. The van der Waals surface area contributed by atoms with Crippen LogP contribution < -0.4 is 43.0 Å². The van der Waals surface area contributed by atoms with Crippen molar-refractivity contribution in [3.05, 3.63) is 35.0 Å². The summed E-state index contributed by atoms with van der Waals surface area (Å²) >= 11 is 3.88. The molecule has 0 bridgehead atoms. The summed E-state index contributed by atoms with van der Waals surface area (Å²) in [4.78, 5) is 0. The van der Waals surface area contributed by atoms with E-state index in [1.807, 2.05) is 22.7 Å². The van der Waals surface area contributed by atoms with Crippen molar-refractivity contribution < 1.29 is 34.0 Å². The van der Waals surface area contributed by atoms with E-state index in [1.54, 1.807) is 9.00 Å². The molecule has 0 aromatic carbocycles. The zero-order valence-corrected chi connectivity index (χ0v) is 42.9. The van der Waals surface area contributed by atoms with E-state index in [1.165, 1.54) is 0 Å². The van der Waals surface area contributed by atoms with Gasteiger partial charge in [0.25, 0.3) is 0 Å². The summed E-state index contributed by atoms with van der Waals surface area (Å²) in [5.74, 6) is 0. The fourth-order valence-electron chi connectivity index (χ4n) is 6.46. The standard InChI is InChI=1S/C24H52S2Si8.2BrH.2Mg/c1-27(2,23-19-17-21-25-23)29(5,6)31(9,10)33(13,14)34(15,16)32(11,12)30(7,8)28(3,4)24-20-18-22-26-24;;;;/h17-20H,1-16H3;2*1H;;/q-2;;;2*+2/p-2. The van der Waals surface area contributed by atoms with Crippen molar-refractivity contribution in [2.75, 3.05) is 0 Å². The fraction of sp³-hybridized carbons (Fsp3) is 0.667. The van der Waals surface area contributed by atoms with Crippen LogP contribution >= 0.6 is 22.7 Å². The molecule has 0 fully saturated rings. The molecule has 38 heavy (non-hydrogen) atoms. The van der Waals surface area contributed by atoms with Crippen LogP contribution in [0.5, 0.6) is 0 Å². The van der Waals surface area contributed by atoms with Crippen molar-refractivity contribution in [2.45, 2.75) is 105 Å². The van der Waals surface area contributed by atoms with Crippen LogP contribution in [0.2, 0.25) is 105 Å². The quantitative estimate of drug-likeness (QED) is 0.262. The Morgan fingerprint density at radius 2 is 0.632 bits per heavy atom. The number of rotatable bonds is 9. The minimum absolute atomic E-state index is 0. The van der Waals surface area contributed by atoms with Gasteiger partial charge in [0.15, 0.2) is 0 Å². The molecule has 0 aliphatic carbocycles. The van der Waals surface area contributed by atoms with Gasteiger partial charge in [-0.25, -0.2) is 12.1 Å². The second-order valence-electron chi connectivity index (χ2n) is 14.8. The van der Waals surface area contributed by atoms with Gasteiger partial charge in [-0.3, -0.25) is 0 Å². The minimum Gasteiger partial charge on any atom is -1.00 e. The Balaban J connectivity index is -0.00000306. The van der Waals surface area contributed by atoms with Gasteiger partial charge in [-0.05, 0) is 0 Å². The van der Waals surface area contributed by atoms with Crippen LogP contribution in [0.1, 0.15) is 0 Å². The van der Waals surface area contributed by atoms with Crippen LogP contribution in [0.25, 0.3) is 0 Å². The van der Waals surface area contributed by atoms with E-state index in [-0.39, 0.29) is 80.1 Å². The van der Waals surface area contributed by atoms with Crippen LogP contribution in [0.4, 0.5) is 0 Å². The summed E-state index contributed by atoms with van der Waals surface area (Å²) in [6.07, 6.45) is 0. The third-order valence-electron chi connectivity index (χ3n) is 13.1. The molecule has 14 heteroatoms. The van der Waals surface area contributed by atoms with Crippen molar-refractivity contribution in [3.63, 3.8) is 0 Å². The molecule has 0 radical (unpaired) electrons. The van der Waals surface area contributed by atoms with Crippen molar-refractivity contribution in [3.8, 4) is 0 Å². The van der Waals surface area contributed by atoms with Crippen molar-refractivity contribution >= 4 is 136 Å².